The number of methoxy groups -OCH3 is 1. The number of carbonyl (C=O) groups is 15. The van der Waals surface area contributed by atoms with Gasteiger partial charge in [-0.1, -0.05) is 24.0 Å². The van der Waals surface area contributed by atoms with E-state index in [1.54, 1.807) is 85.0 Å². The molecule has 0 bridgehead atoms. The molecule has 666 valence electrons. The van der Waals surface area contributed by atoms with E-state index in [-0.39, 0.29) is 48.4 Å². The van der Waals surface area contributed by atoms with Gasteiger partial charge in [-0.15, -0.1) is 17.9 Å². The highest BCUT2D eigenvalue weighted by Gasteiger charge is 2.51. The first-order valence-corrected chi connectivity index (χ1v) is 42.1. The van der Waals surface area contributed by atoms with E-state index in [9.17, 15) is 80.7 Å². The molecule has 129 heavy (non-hydrogen) atoms. The van der Waals surface area contributed by atoms with Crippen LogP contribution in [-0.2, 0) is 104 Å². The number of carboxylic acid groups (broad SMARTS) is 2. The Morgan fingerprint density at radius 2 is 0.915 bits per heavy atom. The number of esters is 2. The number of ketones is 8. The quantitative estimate of drug-likeness (QED) is 0.0110. The lowest BCUT2D eigenvalue weighted by atomic mass is 9.91. The number of aromatic nitrogens is 12. The first-order valence-electron chi connectivity index (χ1n) is 42.1. The minimum atomic E-state index is -1.55. The Balaban J connectivity index is 0.000000133. The molecule has 0 spiro atoms. The van der Waals surface area contributed by atoms with Gasteiger partial charge in [-0.2, -0.15) is 15.4 Å². The van der Waals surface area contributed by atoms with E-state index in [1.165, 1.54) is 55.0 Å². The molecule has 5 N–H and O–H groups in total. The van der Waals surface area contributed by atoms with Gasteiger partial charge >= 0.3 is 29.8 Å². The predicted molar refractivity (Wildman–Crippen MR) is 454 cm³/mol. The Morgan fingerprint density at radius 1 is 0.512 bits per heavy atom. The van der Waals surface area contributed by atoms with E-state index in [4.69, 9.17) is 37.4 Å². The summed E-state index contributed by atoms with van der Waals surface area (Å²) >= 11 is 0. The van der Waals surface area contributed by atoms with E-state index >= 15 is 0 Å². The van der Waals surface area contributed by atoms with Gasteiger partial charge < -0.3 is 58.0 Å². The molecule has 3 fully saturated rings. The molecule has 5 aliphatic heterocycles. The van der Waals surface area contributed by atoms with Gasteiger partial charge in [0.15, 0.2) is 0 Å². The fraction of sp³-hybridized carbons (Fsp3) is 0.376. The maximum absolute atomic E-state index is 13.5. The number of halogens is 2. The highest BCUT2D eigenvalue weighted by Crippen LogP contribution is 2.52. The summed E-state index contributed by atoms with van der Waals surface area (Å²) in [4.78, 5) is 196. The van der Waals surface area contributed by atoms with E-state index in [2.05, 4.69) is 53.2 Å². The van der Waals surface area contributed by atoms with E-state index in [1.807, 2.05) is 4.57 Å². The van der Waals surface area contributed by atoms with Crippen molar-refractivity contribution >= 4 is 110 Å². The molecule has 3 saturated carbocycles. The maximum atomic E-state index is 13.5. The highest BCUT2D eigenvalue weighted by molar-refractivity contribution is 6.46. The van der Waals surface area contributed by atoms with Gasteiger partial charge in [0, 0.05) is 114 Å². The van der Waals surface area contributed by atoms with Crippen molar-refractivity contribution in [1.82, 2.24) is 58.4 Å². The van der Waals surface area contributed by atoms with Crippen LogP contribution in [0.2, 0.25) is 0 Å². The summed E-state index contributed by atoms with van der Waals surface area (Å²) < 4.78 is 45.1. The third-order valence-electron chi connectivity index (χ3n) is 24.9. The van der Waals surface area contributed by atoms with Crippen molar-refractivity contribution in [2.45, 2.75) is 202 Å². The molecule has 36 heteroatoms. The number of benzene rings is 2. The fourth-order valence-corrected chi connectivity index (χ4v) is 18.2. The van der Waals surface area contributed by atoms with Crippen molar-refractivity contribution in [3.63, 3.8) is 0 Å². The van der Waals surface area contributed by atoms with Gasteiger partial charge in [0.05, 0.1) is 53.4 Å². The molecule has 3 aliphatic carbocycles. The summed E-state index contributed by atoms with van der Waals surface area (Å²) in [6, 6.07) is 14.7. The van der Waals surface area contributed by atoms with Gasteiger partial charge in [0.25, 0.3) is 23.4 Å². The smallest absolute Gasteiger partial charge is 0.382 e. The standard InChI is InChI=1S/C23H22FN5O3.C23H21FN2O3.C22H19N5O4.C14H17NO5.C11H11NO5/c1-13-19(21(31)17(30)11-23(7-8-23)18-12-25-28-27-18)16-6-3-9-29(16)20(13)22(32)26-15-5-2-4-14(24)10-15;1-3-23(9-10-23)13-18(27)21(28)19-14(2)20(26-11-5-8-17(19)26)22(29)25-16-7-4-6-15(24)12-16;1-3-22(8-9-22)12-16(28)19(29)17-13(2)18(26-11-5-7-15(17)26)21(30)31-27-20-14(24-25-27)6-4-10-23-20;1-4-20-14(18)12(16)10-8(2)11(13(17)19-3)15-7-5-6-9(10)15;1-5-7(9(13)11(16)17)6-3-2-4-12(6)8(5)10(14)15/h2,4-5,10,12H,3,6-9,11H2,1H3,(H,26,32)(H,25,27,28);1,4,6-7,12H,5,8-11,13H2,2H3,(H,25,29);1,4,6,10H,5,7-9,11-12H2,2H3;4-7H2,1-3H3;2-4H2,1H3,(H,14,15)(H,16,17). The lowest BCUT2D eigenvalue weighted by Crippen LogP contribution is -2.24. The summed E-state index contributed by atoms with van der Waals surface area (Å²) in [5.41, 5.74) is 8.89. The average Bonchev–Trinajstić information content (AvgIpc) is 1.60. The Morgan fingerprint density at radius 3 is 1.30 bits per heavy atom. The number of rotatable bonds is 26. The van der Waals surface area contributed by atoms with Crippen LogP contribution in [0.15, 0.2) is 73.1 Å². The van der Waals surface area contributed by atoms with Gasteiger partial charge in [0.2, 0.25) is 40.3 Å². The van der Waals surface area contributed by atoms with Crippen LogP contribution in [0.3, 0.4) is 0 Å². The van der Waals surface area contributed by atoms with Crippen molar-refractivity contribution in [3.8, 4) is 24.7 Å². The van der Waals surface area contributed by atoms with E-state index in [0.29, 0.717) is 166 Å². The minimum absolute atomic E-state index is 0.0297. The zero-order chi connectivity index (χ0) is 92.6. The van der Waals surface area contributed by atoms with Crippen LogP contribution in [0.4, 0.5) is 20.2 Å². The molecule has 2 aromatic carbocycles. The number of anilines is 2. The Kier molecular flexibility index (Phi) is 25.7. The number of carboxylic acids is 2. The van der Waals surface area contributed by atoms with E-state index < -0.39 is 116 Å². The molecule has 0 saturated heterocycles. The first kappa shape index (κ1) is 90.4. The second-order valence-electron chi connectivity index (χ2n) is 33.1. The number of nitrogens with one attached hydrogen (secondary N) is 3. The number of carbonyl (C=O) groups excluding carboxylic acids is 13. The number of ether oxygens (including phenoxy) is 2. The first-order chi connectivity index (χ1) is 61.7. The number of aromatic carboxylic acids is 1. The number of pyridine rings is 1. The molecule has 13 heterocycles. The molecular weight excluding hydrogens is 1670 g/mol. The highest BCUT2D eigenvalue weighted by atomic mass is 19.1. The molecule has 8 aromatic heterocycles. The van der Waals surface area contributed by atoms with Gasteiger partial charge in [-0.25, -0.2) is 37.7 Å². The summed E-state index contributed by atoms with van der Waals surface area (Å²) in [7, 11) is 1.30. The summed E-state index contributed by atoms with van der Waals surface area (Å²) in [6.45, 7) is 12.9. The van der Waals surface area contributed by atoms with Crippen LogP contribution in [0.1, 0.15) is 263 Å². The topological polar surface area (TPSA) is 458 Å². The van der Waals surface area contributed by atoms with Crippen LogP contribution in [0, 0.1) is 81.8 Å². The Labute approximate surface area is 735 Å². The average molecular weight is 1760 g/mol. The number of Topliss-reactive ketones (excluding diaryl/α,β-unsaturated/α-hetero) is 8. The summed E-state index contributed by atoms with van der Waals surface area (Å²) in [5.74, 6) is -6.15. The normalized spacial score (nSPS) is 15.2. The number of aliphatic carboxylic acids is 1. The molecule has 10 aromatic rings. The second-order valence-corrected chi connectivity index (χ2v) is 33.1. The van der Waals surface area contributed by atoms with Crippen molar-refractivity contribution in [3.05, 3.63) is 203 Å². The van der Waals surface area contributed by atoms with Crippen molar-refractivity contribution < 1.29 is 105 Å². The zero-order valence-electron chi connectivity index (χ0n) is 71.7. The molecule has 18 rings (SSSR count). The number of fused-ring (bicyclic) bond motifs is 6. The van der Waals surface area contributed by atoms with Gasteiger partial charge in [0.1, 0.15) is 45.6 Å². The van der Waals surface area contributed by atoms with Gasteiger partial charge in [-0.3, -0.25) is 47.9 Å². The number of hydrogen-bond acceptors (Lipinski definition) is 23. The van der Waals surface area contributed by atoms with Gasteiger partial charge in [-0.05, 0) is 231 Å². The zero-order valence-corrected chi connectivity index (χ0v) is 71.7. The third-order valence-corrected chi connectivity index (χ3v) is 24.9. The van der Waals surface area contributed by atoms with Crippen molar-refractivity contribution in [2.75, 3.05) is 24.4 Å². The summed E-state index contributed by atoms with van der Waals surface area (Å²) in [6.07, 6.45) is 25.9. The van der Waals surface area contributed by atoms with Crippen LogP contribution < -0.4 is 15.5 Å². The number of nitrogens with zero attached hydrogens (tertiary/aromatic N) is 11. The van der Waals surface area contributed by atoms with Crippen LogP contribution in [0.25, 0.3) is 11.2 Å². The van der Waals surface area contributed by atoms with E-state index in [0.717, 1.165) is 92.6 Å². The molecule has 8 aliphatic rings. The molecule has 0 unspecified atom stereocenters. The number of hydrogen-bond donors (Lipinski definition) is 5. The monoisotopic (exact) mass is 1760 g/mol. The minimum Gasteiger partial charge on any atom is -0.477 e. The third kappa shape index (κ3) is 17.7. The maximum Gasteiger partial charge on any atom is 0.382 e. The van der Waals surface area contributed by atoms with Crippen molar-refractivity contribution in [1.29, 1.82) is 0 Å². The largest absolute Gasteiger partial charge is 0.477 e. The van der Waals surface area contributed by atoms with Crippen LogP contribution in [-0.4, -0.2) is 170 Å². The molecule has 0 radical (unpaired) electrons. The fourth-order valence-electron chi connectivity index (χ4n) is 18.2. The predicted octanol–water partition coefficient (Wildman–Crippen LogP) is 10.5. The number of aromatic amines is 1. The van der Waals surface area contributed by atoms with Crippen LogP contribution in [0.5, 0.6) is 0 Å². The molecular formula is C93H90F2N14O20. The van der Waals surface area contributed by atoms with Crippen LogP contribution >= 0.6 is 0 Å². The molecule has 34 nitrogen and oxygen atoms in total. The second kappa shape index (κ2) is 36.6. The lowest BCUT2D eigenvalue weighted by Gasteiger charge is -2.10. The molecule has 0 atom stereocenters. The number of amides is 2. The number of H-pyrrole nitrogens is 1. The SMILES string of the molecule is C#CC1(CC(=O)C(=O)c2c(C)c(C(=O)Nc3cccc(F)c3)n3c2CCC3)CC1.C#CC1(CC(=O)C(=O)c2c(C)c(C(=O)On3nnc4cccnc43)n3c2CCC3)CC1.CCOC(=O)C(=O)c1c(C)c(C(=O)OC)n2c1CCC2.Cc1c(C(=O)C(=O)CC2(c3cn[nH]n3)CC2)c2n(c1C(=O)Nc1cccc(F)c1)CCC2.Cc1c(C(=O)C(=O)O)c2n(c1C(=O)O)CCC2. The van der Waals surface area contributed by atoms with Crippen molar-refractivity contribution in [2.24, 2.45) is 10.8 Å². The molecule has 2 amide bonds. The Hall–Kier alpha value is -14.8. The lowest BCUT2D eigenvalue weighted by molar-refractivity contribution is -0.137. The Bertz CT molecular complexity index is 6510. The number of terminal acetylenes is 2. The summed E-state index contributed by atoms with van der Waals surface area (Å²) in [5, 5.41) is 41.4.